The van der Waals surface area contributed by atoms with Crippen molar-refractivity contribution in [3.05, 3.63) is 59.7 Å². The van der Waals surface area contributed by atoms with E-state index in [0.717, 1.165) is 11.5 Å². The number of hydrogen-bond acceptors (Lipinski definition) is 4. The first kappa shape index (κ1) is 21.4. The normalized spacial score (nSPS) is 13.8. The molecule has 2 rings (SSSR count). The van der Waals surface area contributed by atoms with Gasteiger partial charge in [0.2, 0.25) is 0 Å². The Hall–Kier alpha value is -1.91. The second-order valence-electron chi connectivity index (χ2n) is 7.42. The van der Waals surface area contributed by atoms with Crippen molar-refractivity contribution < 1.29 is 19.7 Å². The van der Waals surface area contributed by atoms with Crippen LogP contribution in [0.1, 0.15) is 25.0 Å². The lowest BCUT2D eigenvalue weighted by Gasteiger charge is -2.26. The molecule has 2 unspecified atom stereocenters. The molecule has 0 amide bonds. The van der Waals surface area contributed by atoms with Gasteiger partial charge in [0.1, 0.15) is 40.4 Å². The van der Waals surface area contributed by atoms with Crippen LogP contribution in [-0.4, -0.2) is 51.3 Å². The van der Waals surface area contributed by atoms with E-state index in [1.54, 1.807) is 0 Å². The van der Waals surface area contributed by atoms with E-state index in [9.17, 15) is 10.2 Å². The van der Waals surface area contributed by atoms with Crippen LogP contribution in [0.15, 0.2) is 48.5 Å². The van der Waals surface area contributed by atoms with E-state index in [4.69, 9.17) is 9.47 Å². The zero-order valence-electron chi connectivity index (χ0n) is 16.8. The molecule has 0 fully saturated rings. The standard InChI is InChI=1S/C21H30B2O4/c1-21(2,15-3-7-19(8-4-15)26-13-17(24)11-22)16-5-9-20(10-6-16)27-14-18(25)12-23/h3-10,17-18,24-25H,11-14,22-23H2,1-2H3. The summed E-state index contributed by atoms with van der Waals surface area (Å²) in [4.78, 5) is 0. The third kappa shape index (κ3) is 6.05. The van der Waals surface area contributed by atoms with E-state index in [1.807, 2.05) is 40.0 Å². The smallest absolute Gasteiger partial charge is 0.119 e. The molecule has 4 nitrogen and oxygen atoms in total. The molecule has 0 saturated carbocycles. The van der Waals surface area contributed by atoms with Crippen LogP contribution in [0.2, 0.25) is 12.6 Å². The summed E-state index contributed by atoms with van der Waals surface area (Å²) in [5, 5.41) is 19.2. The van der Waals surface area contributed by atoms with Crippen LogP contribution in [0, 0.1) is 0 Å². The molecule has 6 heteroatoms. The van der Waals surface area contributed by atoms with Gasteiger partial charge in [0, 0.05) is 5.41 Å². The largest absolute Gasteiger partial charge is 0.491 e. The lowest BCUT2D eigenvalue weighted by atomic mass is 9.78. The maximum absolute atomic E-state index is 9.61. The van der Waals surface area contributed by atoms with Crippen molar-refractivity contribution in [2.24, 2.45) is 0 Å². The number of aliphatic hydroxyl groups is 2. The molecule has 0 aromatic heterocycles. The van der Waals surface area contributed by atoms with Gasteiger partial charge in [-0.2, -0.15) is 0 Å². The Morgan fingerprint density at radius 3 is 1.37 bits per heavy atom. The summed E-state index contributed by atoms with van der Waals surface area (Å²) in [6, 6.07) is 16.1. The molecule has 2 aromatic rings. The summed E-state index contributed by atoms with van der Waals surface area (Å²) >= 11 is 0. The minimum Gasteiger partial charge on any atom is -0.491 e. The van der Waals surface area contributed by atoms with Crippen molar-refractivity contribution in [3.63, 3.8) is 0 Å². The van der Waals surface area contributed by atoms with E-state index < -0.39 is 12.2 Å². The first-order valence-electron chi connectivity index (χ1n) is 9.69. The fourth-order valence-electron chi connectivity index (χ4n) is 2.72. The summed E-state index contributed by atoms with van der Waals surface area (Å²) in [7, 11) is 3.86. The van der Waals surface area contributed by atoms with Gasteiger partial charge in [-0.3, -0.25) is 0 Å². The number of ether oxygens (including phenoxy) is 2. The van der Waals surface area contributed by atoms with Crippen molar-refractivity contribution in [1.29, 1.82) is 0 Å². The zero-order chi connectivity index (χ0) is 19.9. The molecule has 2 atom stereocenters. The van der Waals surface area contributed by atoms with Gasteiger partial charge < -0.3 is 19.7 Å². The van der Waals surface area contributed by atoms with Gasteiger partial charge in [-0.05, 0) is 35.4 Å². The molecule has 2 N–H and O–H groups in total. The van der Waals surface area contributed by atoms with Gasteiger partial charge in [-0.25, -0.2) is 0 Å². The Kier molecular flexibility index (Phi) is 7.81. The highest BCUT2D eigenvalue weighted by molar-refractivity contribution is 6.09. The van der Waals surface area contributed by atoms with E-state index in [1.165, 1.54) is 11.1 Å². The SMILES string of the molecule is BCC(O)COc1ccc(C(C)(C)c2ccc(OCC(O)CB)cc2)cc1. The predicted molar refractivity (Wildman–Crippen MR) is 115 cm³/mol. The van der Waals surface area contributed by atoms with Crippen LogP contribution in [-0.2, 0) is 5.41 Å². The molecule has 0 saturated heterocycles. The van der Waals surface area contributed by atoms with E-state index >= 15 is 0 Å². The van der Waals surface area contributed by atoms with E-state index in [2.05, 4.69) is 38.1 Å². The summed E-state index contributed by atoms with van der Waals surface area (Å²) < 4.78 is 11.2. The van der Waals surface area contributed by atoms with Crippen LogP contribution in [0.5, 0.6) is 11.5 Å². The summed E-state index contributed by atoms with van der Waals surface area (Å²) in [5.41, 5.74) is 2.20. The quantitative estimate of drug-likeness (QED) is 0.626. The van der Waals surface area contributed by atoms with Gasteiger partial charge in [0.25, 0.3) is 0 Å². The highest BCUT2D eigenvalue weighted by Gasteiger charge is 2.23. The maximum Gasteiger partial charge on any atom is 0.119 e. The van der Waals surface area contributed by atoms with Gasteiger partial charge >= 0.3 is 0 Å². The lowest BCUT2D eigenvalue weighted by Crippen LogP contribution is -2.19. The van der Waals surface area contributed by atoms with Crippen molar-refractivity contribution in [3.8, 4) is 11.5 Å². The molecule has 0 spiro atoms. The van der Waals surface area contributed by atoms with Gasteiger partial charge in [-0.1, -0.05) is 50.8 Å². The predicted octanol–water partition coefficient (Wildman–Crippen LogP) is 1.59. The average molecular weight is 368 g/mol. The Labute approximate surface area is 164 Å². The molecular formula is C21H30B2O4. The summed E-state index contributed by atoms with van der Waals surface area (Å²) in [6.07, 6.45) is 0.505. The van der Waals surface area contributed by atoms with Crippen molar-refractivity contribution in [1.82, 2.24) is 0 Å². The van der Waals surface area contributed by atoms with Crippen LogP contribution in [0.4, 0.5) is 0 Å². The monoisotopic (exact) mass is 368 g/mol. The molecule has 0 heterocycles. The van der Waals surface area contributed by atoms with Gasteiger partial charge in [0.05, 0.1) is 12.2 Å². The molecule has 27 heavy (non-hydrogen) atoms. The number of hydrogen-bond donors (Lipinski definition) is 2. The lowest BCUT2D eigenvalue weighted by molar-refractivity contribution is 0.123. The van der Waals surface area contributed by atoms with Gasteiger partial charge in [-0.15, -0.1) is 0 Å². The van der Waals surface area contributed by atoms with Crippen molar-refractivity contribution >= 4 is 15.7 Å². The summed E-state index contributed by atoms with van der Waals surface area (Å²) in [6.45, 7) is 4.99. The van der Waals surface area contributed by atoms with E-state index in [-0.39, 0.29) is 5.41 Å². The molecule has 2 aromatic carbocycles. The van der Waals surface area contributed by atoms with Crippen LogP contribution in [0.3, 0.4) is 0 Å². The van der Waals surface area contributed by atoms with Crippen LogP contribution in [0.25, 0.3) is 0 Å². The van der Waals surface area contributed by atoms with Crippen molar-refractivity contribution in [2.75, 3.05) is 13.2 Å². The van der Waals surface area contributed by atoms with E-state index in [0.29, 0.717) is 25.9 Å². The summed E-state index contributed by atoms with van der Waals surface area (Å²) in [5.74, 6) is 1.53. The molecule has 144 valence electrons. The Morgan fingerprint density at radius 2 is 1.07 bits per heavy atom. The minimum atomic E-state index is -0.430. The molecule has 0 bridgehead atoms. The zero-order valence-corrected chi connectivity index (χ0v) is 16.8. The first-order valence-corrected chi connectivity index (χ1v) is 9.69. The Morgan fingerprint density at radius 1 is 0.741 bits per heavy atom. The fourth-order valence-corrected chi connectivity index (χ4v) is 2.72. The second-order valence-corrected chi connectivity index (χ2v) is 7.42. The Bertz CT molecular complexity index is 627. The third-order valence-corrected chi connectivity index (χ3v) is 4.98. The molecular weight excluding hydrogens is 338 g/mol. The molecule has 0 aliphatic heterocycles. The fraction of sp³-hybridized carbons (Fsp3) is 0.429. The highest BCUT2D eigenvalue weighted by atomic mass is 16.5. The first-order chi connectivity index (χ1) is 12.9. The second kappa shape index (κ2) is 9.86. The molecule has 0 aliphatic carbocycles. The number of aliphatic hydroxyl groups excluding tert-OH is 2. The minimum absolute atomic E-state index is 0.164. The topological polar surface area (TPSA) is 58.9 Å². The molecule has 0 radical (unpaired) electrons. The van der Waals surface area contributed by atoms with Crippen molar-refractivity contribution in [2.45, 2.75) is 44.1 Å². The Balaban J connectivity index is 2.04. The maximum atomic E-state index is 9.61. The molecule has 0 aliphatic rings. The third-order valence-electron chi connectivity index (χ3n) is 4.98. The van der Waals surface area contributed by atoms with Crippen LogP contribution < -0.4 is 9.47 Å². The highest BCUT2D eigenvalue weighted by Crippen LogP contribution is 2.33. The number of rotatable bonds is 10. The van der Waals surface area contributed by atoms with Gasteiger partial charge in [0.15, 0.2) is 0 Å². The average Bonchev–Trinajstić information content (AvgIpc) is 2.70. The number of benzene rings is 2. The van der Waals surface area contributed by atoms with Crippen LogP contribution >= 0.6 is 0 Å².